The van der Waals surface area contributed by atoms with E-state index in [-0.39, 0.29) is 36.9 Å². The number of methoxy groups -OCH3 is 1. The molecule has 2 fully saturated rings. The smallest absolute Gasteiger partial charge is 0.427 e. The predicted molar refractivity (Wildman–Crippen MR) is 168 cm³/mol. The lowest BCUT2D eigenvalue weighted by molar-refractivity contribution is -0.244. The van der Waals surface area contributed by atoms with Crippen molar-refractivity contribution < 1.29 is 51.7 Å². The van der Waals surface area contributed by atoms with Crippen molar-refractivity contribution >= 4 is 46.4 Å². The molecular formula is C32H40ClF3N4O8. The van der Waals surface area contributed by atoms with Crippen LogP contribution < -0.4 is 20.1 Å². The van der Waals surface area contributed by atoms with Crippen LogP contribution >= 0.6 is 11.6 Å². The number of pyridine rings is 1. The van der Waals surface area contributed by atoms with Gasteiger partial charge in [-0.15, -0.1) is 0 Å². The summed E-state index contributed by atoms with van der Waals surface area (Å²) in [7, 11) is 1.41. The Morgan fingerprint density at radius 3 is 2.38 bits per heavy atom. The Balaban J connectivity index is 1.68. The van der Waals surface area contributed by atoms with Crippen molar-refractivity contribution in [2.75, 3.05) is 13.7 Å². The molecule has 5 atom stereocenters. The molecule has 0 unspecified atom stereocenters. The molecule has 0 radical (unpaired) electrons. The van der Waals surface area contributed by atoms with E-state index in [1.807, 2.05) is 0 Å². The number of fused-ring (bicyclic) bond motifs is 1. The van der Waals surface area contributed by atoms with Gasteiger partial charge in [-0.1, -0.05) is 51.8 Å². The second-order valence-electron chi connectivity index (χ2n) is 13.7. The number of aromatic nitrogens is 1. The van der Waals surface area contributed by atoms with Crippen LogP contribution in [0.25, 0.3) is 10.9 Å². The summed E-state index contributed by atoms with van der Waals surface area (Å²) >= 11 is 6.37. The summed E-state index contributed by atoms with van der Waals surface area (Å²) in [6.07, 6.45) is -6.59. The summed E-state index contributed by atoms with van der Waals surface area (Å²) in [5.41, 5.74) is -5.05. The molecule has 2 aromatic rings. The number of carbonyl (C=O) groups excluding carboxylic acids is 3. The first kappa shape index (κ1) is 36.8. The summed E-state index contributed by atoms with van der Waals surface area (Å²) in [5, 5.41) is 15.7. The van der Waals surface area contributed by atoms with E-state index in [2.05, 4.69) is 20.4 Å². The topological polar surface area (TPSA) is 156 Å². The average Bonchev–Trinajstić information content (AvgIpc) is 3.54. The molecule has 3 amide bonds. The van der Waals surface area contributed by atoms with Crippen LogP contribution in [0, 0.1) is 11.3 Å². The molecule has 2 heterocycles. The van der Waals surface area contributed by atoms with Gasteiger partial charge in [0.25, 0.3) is 0 Å². The number of ether oxygens (including phenoxy) is 3. The number of carboxylic acid groups (broad SMARTS) is 1. The van der Waals surface area contributed by atoms with Gasteiger partial charge in [-0.05, 0) is 43.7 Å². The standard InChI is InChI=1S/C32H40ClF3N4O8/c1-8-16-14-31(16,27(43)44)39-25(41)20-12-17(47-21-13-22(46-7)37-23-18(21)10-9-11-19(23)33)15-40(20)26(42)24(29(2,3)4)38-28(45)48-30(5,6)32(34,35)36/h9-11,13,16-17,20,24H,8,12,14-15H2,1-7H3,(H,38,45)(H,39,41)(H,43,44)/t16-,17-,20+,24-,31-/m1/s1. The van der Waals surface area contributed by atoms with E-state index < -0.39 is 64.8 Å². The normalized spacial score (nSPS) is 23.3. The van der Waals surface area contributed by atoms with Crippen molar-refractivity contribution in [2.24, 2.45) is 11.3 Å². The molecule has 2 aliphatic rings. The van der Waals surface area contributed by atoms with Crippen LogP contribution in [0.5, 0.6) is 11.6 Å². The number of aliphatic carboxylic acids is 1. The first-order valence-corrected chi connectivity index (χ1v) is 15.7. The molecule has 1 saturated carbocycles. The first-order chi connectivity index (χ1) is 22.1. The SMILES string of the molecule is CC[C@@H]1C[C@]1(NC(=O)[C@@H]1C[C@@H](Oc2cc(OC)nc3c(Cl)cccc23)CN1C(=O)[C@@H](NC(=O)OC(C)(C)C(F)(F)F)C(C)(C)C)C(=O)O. The molecule has 16 heteroatoms. The lowest BCUT2D eigenvalue weighted by Gasteiger charge is -2.36. The third kappa shape index (κ3) is 7.35. The molecule has 0 spiro atoms. The maximum absolute atomic E-state index is 14.2. The molecule has 1 aromatic carbocycles. The van der Waals surface area contributed by atoms with Gasteiger partial charge in [0.2, 0.25) is 23.3 Å². The van der Waals surface area contributed by atoms with Crippen molar-refractivity contribution in [1.29, 1.82) is 0 Å². The van der Waals surface area contributed by atoms with Crippen LogP contribution in [-0.4, -0.2) is 88.0 Å². The van der Waals surface area contributed by atoms with Crippen LogP contribution in [0.15, 0.2) is 24.3 Å². The third-order valence-electron chi connectivity index (χ3n) is 8.81. The van der Waals surface area contributed by atoms with Gasteiger partial charge >= 0.3 is 18.2 Å². The lowest BCUT2D eigenvalue weighted by atomic mass is 9.85. The number of carbonyl (C=O) groups is 4. The van der Waals surface area contributed by atoms with E-state index in [0.29, 0.717) is 36.2 Å². The quantitative estimate of drug-likeness (QED) is 0.307. The van der Waals surface area contributed by atoms with Gasteiger partial charge in [-0.2, -0.15) is 13.2 Å². The van der Waals surface area contributed by atoms with E-state index in [4.69, 9.17) is 21.1 Å². The highest BCUT2D eigenvalue weighted by Crippen LogP contribution is 2.46. The van der Waals surface area contributed by atoms with Crippen molar-refractivity contribution in [2.45, 2.75) is 96.3 Å². The van der Waals surface area contributed by atoms with E-state index in [1.165, 1.54) is 13.2 Å². The minimum absolute atomic E-state index is 0.0842. The molecule has 264 valence electrons. The molecule has 0 bridgehead atoms. The zero-order chi connectivity index (χ0) is 36.0. The van der Waals surface area contributed by atoms with E-state index in [1.54, 1.807) is 45.9 Å². The van der Waals surface area contributed by atoms with Crippen LogP contribution in [-0.2, 0) is 19.1 Å². The minimum atomic E-state index is -4.89. The number of likely N-dealkylation sites (tertiary alicyclic amines) is 1. The summed E-state index contributed by atoms with van der Waals surface area (Å²) in [6.45, 7) is 7.70. The fraction of sp³-hybridized carbons (Fsp3) is 0.594. The Hall–Kier alpha value is -4.01. The second-order valence-corrected chi connectivity index (χ2v) is 14.1. The fourth-order valence-corrected chi connectivity index (χ4v) is 5.98. The monoisotopic (exact) mass is 700 g/mol. The number of para-hydroxylation sites is 1. The van der Waals surface area contributed by atoms with Gasteiger partial charge in [-0.25, -0.2) is 14.6 Å². The van der Waals surface area contributed by atoms with E-state index in [0.717, 1.165) is 4.90 Å². The molecule has 48 heavy (non-hydrogen) atoms. The molecule has 12 nitrogen and oxygen atoms in total. The summed E-state index contributed by atoms with van der Waals surface area (Å²) < 4.78 is 56.7. The van der Waals surface area contributed by atoms with Gasteiger partial charge in [-0.3, -0.25) is 9.59 Å². The Labute approximate surface area is 280 Å². The fourth-order valence-electron chi connectivity index (χ4n) is 5.76. The van der Waals surface area contributed by atoms with Crippen LogP contribution in [0.4, 0.5) is 18.0 Å². The van der Waals surface area contributed by atoms with Gasteiger partial charge in [0.1, 0.15) is 29.5 Å². The molecule has 4 rings (SSSR count). The predicted octanol–water partition coefficient (Wildman–Crippen LogP) is 5.10. The van der Waals surface area contributed by atoms with Crippen molar-refractivity contribution in [3.05, 3.63) is 29.3 Å². The molecule has 1 saturated heterocycles. The number of alkyl halides is 3. The largest absolute Gasteiger partial charge is 0.488 e. The summed E-state index contributed by atoms with van der Waals surface area (Å²) in [6, 6.07) is 3.84. The Kier molecular flexibility index (Phi) is 10.1. The average molecular weight is 701 g/mol. The van der Waals surface area contributed by atoms with Crippen molar-refractivity contribution in [1.82, 2.24) is 20.5 Å². The number of alkyl carbamates (subject to hydrolysis) is 1. The first-order valence-electron chi connectivity index (χ1n) is 15.4. The lowest BCUT2D eigenvalue weighted by Crippen LogP contribution is -2.60. The van der Waals surface area contributed by atoms with Crippen LogP contribution in [0.2, 0.25) is 5.02 Å². The highest BCUT2D eigenvalue weighted by Gasteiger charge is 2.61. The molecule has 3 N–H and O–H groups in total. The Morgan fingerprint density at radius 2 is 1.83 bits per heavy atom. The second kappa shape index (κ2) is 13.1. The number of rotatable bonds is 10. The number of nitrogens with zero attached hydrogens (tertiary/aromatic N) is 2. The zero-order valence-electron chi connectivity index (χ0n) is 27.7. The molecule has 1 aliphatic heterocycles. The Bertz CT molecular complexity index is 1600. The van der Waals surface area contributed by atoms with Gasteiger partial charge in [0, 0.05) is 17.9 Å². The highest BCUT2D eigenvalue weighted by molar-refractivity contribution is 6.35. The number of nitrogens with one attached hydrogen (secondary N) is 2. The highest BCUT2D eigenvalue weighted by atomic mass is 35.5. The zero-order valence-corrected chi connectivity index (χ0v) is 28.4. The number of amides is 3. The minimum Gasteiger partial charge on any atom is -0.488 e. The maximum atomic E-state index is 14.2. The van der Waals surface area contributed by atoms with Crippen LogP contribution in [0.1, 0.15) is 60.8 Å². The number of benzene rings is 1. The summed E-state index contributed by atoms with van der Waals surface area (Å²) in [4.78, 5) is 58.5. The number of halogens is 4. The van der Waals surface area contributed by atoms with Crippen LogP contribution in [0.3, 0.4) is 0 Å². The summed E-state index contributed by atoms with van der Waals surface area (Å²) in [5.74, 6) is -2.60. The van der Waals surface area contributed by atoms with E-state index >= 15 is 0 Å². The van der Waals surface area contributed by atoms with Crippen molar-refractivity contribution in [3.63, 3.8) is 0 Å². The van der Waals surface area contributed by atoms with Gasteiger partial charge < -0.3 is 34.9 Å². The molecular weight excluding hydrogens is 661 g/mol. The molecule has 1 aromatic heterocycles. The molecule has 1 aliphatic carbocycles. The van der Waals surface area contributed by atoms with Gasteiger partial charge in [0.15, 0.2) is 0 Å². The van der Waals surface area contributed by atoms with Crippen molar-refractivity contribution in [3.8, 4) is 11.6 Å². The number of hydrogen-bond acceptors (Lipinski definition) is 8. The third-order valence-corrected chi connectivity index (χ3v) is 9.12. The Morgan fingerprint density at radius 1 is 1.17 bits per heavy atom. The van der Waals surface area contributed by atoms with Gasteiger partial charge in [0.05, 0.1) is 24.2 Å². The maximum Gasteiger partial charge on any atom is 0.427 e. The number of hydrogen-bond donors (Lipinski definition) is 3. The number of carboxylic acids is 1. The van der Waals surface area contributed by atoms with E-state index in [9.17, 15) is 37.5 Å².